The summed E-state index contributed by atoms with van der Waals surface area (Å²) in [6, 6.07) is 0.125. The van der Waals surface area contributed by atoms with Crippen molar-refractivity contribution in [2.75, 3.05) is 26.3 Å². The van der Waals surface area contributed by atoms with E-state index in [1.54, 1.807) is 10.9 Å². The quantitative estimate of drug-likeness (QED) is 0.853. The Balaban J connectivity index is 2.50. The van der Waals surface area contributed by atoms with E-state index in [1.807, 2.05) is 34.6 Å². The molecule has 0 N–H and O–H groups in total. The van der Waals surface area contributed by atoms with Crippen LogP contribution in [0.3, 0.4) is 0 Å². The van der Waals surface area contributed by atoms with Gasteiger partial charge in [0.1, 0.15) is 4.90 Å². The highest BCUT2D eigenvalue weighted by atomic mass is 32.2. The Labute approximate surface area is 127 Å². The Morgan fingerprint density at radius 3 is 2.29 bits per heavy atom. The predicted molar refractivity (Wildman–Crippen MR) is 80.9 cm³/mol. The van der Waals surface area contributed by atoms with E-state index >= 15 is 0 Å². The van der Waals surface area contributed by atoms with Crippen molar-refractivity contribution >= 4 is 10.0 Å². The summed E-state index contributed by atoms with van der Waals surface area (Å²) < 4.78 is 34.3. The Hall–Kier alpha value is -0.920. The molecule has 0 spiro atoms. The molecule has 0 bridgehead atoms. The van der Waals surface area contributed by atoms with Crippen LogP contribution in [0.25, 0.3) is 0 Å². The second-order valence-electron chi connectivity index (χ2n) is 6.68. The molecule has 0 unspecified atom stereocenters. The van der Waals surface area contributed by atoms with Gasteiger partial charge >= 0.3 is 0 Å². The smallest absolute Gasteiger partial charge is 0.246 e. The zero-order valence-electron chi connectivity index (χ0n) is 13.5. The number of rotatable bonds is 3. The van der Waals surface area contributed by atoms with E-state index < -0.39 is 10.0 Å². The van der Waals surface area contributed by atoms with E-state index in [0.29, 0.717) is 36.9 Å². The van der Waals surface area contributed by atoms with E-state index in [-0.39, 0.29) is 11.5 Å². The second kappa shape index (κ2) is 5.70. The van der Waals surface area contributed by atoms with Crippen molar-refractivity contribution in [2.45, 2.75) is 51.0 Å². The van der Waals surface area contributed by atoms with Crippen LogP contribution in [0.4, 0.5) is 0 Å². The highest BCUT2D eigenvalue weighted by molar-refractivity contribution is 7.89. The fraction of sp³-hybridized carbons (Fsp3) is 0.786. The Kier molecular flexibility index (Phi) is 4.46. The third-order valence-electron chi connectivity index (χ3n) is 3.53. The van der Waals surface area contributed by atoms with Crippen molar-refractivity contribution < 1.29 is 13.2 Å². The van der Waals surface area contributed by atoms with Gasteiger partial charge in [0.15, 0.2) is 0 Å². The van der Waals surface area contributed by atoms with Gasteiger partial charge in [-0.05, 0) is 13.8 Å². The number of nitrogens with zero attached hydrogens (tertiary/aromatic N) is 3. The molecular formula is C14H25N3O3S. The Morgan fingerprint density at radius 1 is 1.24 bits per heavy atom. The van der Waals surface area contributed by atoms with Crippen LogP contribution in [0, 0.1) is 0 Å². The van der Waals surface area contributed by atoms with E-state index in [1.165, 1.54) is 4.31 Å². The molecule has 1 aromatic rings. The molecule has 1 aromatic heterocycles. The summed E-state index contributed by atoms with van der Waals surface area (Å²) in [5.74, 6) is 0. The van der Waals surface area contributed by atoms with Crippen LogP contribution < -0.4 is 0 Å². The minimum absolute atomic E-state index is 0.125. The van der Waals surface area contributed by atoms with Crippen LogP contribution >= 0.6 is 0 Å². The maximum Gasteiger partial charge on any atom is 0.246 e. The number of morpholine rings is 1. The summed E-state index contributed by atoms with van der Waals surface area (Å²) in [5, 5.41) is 4.52. The van der Waals surface area contributed by atoms with Gasteiger partial charge in [-0.3, -0.25) is 4.68 Å². The maximum absolute atomic E-state index is 12.9. The van der Waals surface area contributed by atoms with Crippen molar-refractivity contribution in [3.8, 4) is 0 Å². The van der Waals surface area contributed by atoms with Gasteiger partial charge in [-0.2, -0.15) is 9.40 Å². The van der Waals surface area contributed by atoms with Gasteiger partial charge in [-0.1, -0.05) is 20.8 Å². The molecule has 0 atom stereocenters. The van der Waals surface area contributed by atoms with Crippen LogP contribution in [0.1, 0.15) is 46.4 Å². The Morgan fingerprint density at radius 2 is 1.81 bits per heavy atom. The van der Waals surface area contributed by atoms with Gasteiger partial charge in [0.25, 0.3) is 0 Å². The molecule has 21 heavy (non-hydrogen) atoms. The summed E-state index contributed by atoms with van der Waals surface area (Å²) in [4.78, 5) is 0.325. The van der Waals surface area contributed by atoms with Crippen molar-refractivity contribution in [1.29, 1.82) is 0 Å². The molecule has 0 amide bonds. The van der Waals surface area contributed by atoms with Crippen LogP contribution in [0.2, 0.25) is 0 Å². The van der Waals surface area contributed by atoms with Gasteiger partial charge in [0, 0.05) is 30.7 Å². The molecule has 1 fully saturated rings. The van der Waals surface area contributed by atoms with Crippen molar-refractivity contribution in [2.24, 2.45) is 0 Å². The third-order valence-corrected chi connectivity index (χ3v) is 5.43. The molecule has 0 saturated carbocycles. The monoisotopic (exact) mass is 315 g/mol. The zero-order valence-corrected chi connectivity index (χ0v) is 14.3. The summed E-state index contributed by atoms with van der Waals surface area (Å²) >= 11 is 0. The topological polar surface area (TPSA) is 64.4 Å². The number of hydrogen-bond donors (Lipinski definition) is 0. The van der Waals surface area contributed by atoms with Crippen LogP contribution in [0.5, 0.6) is 0 Å². The Bertz CT molecular complexity index is 593. The summed E-state index contributed by atoms with van der Waals surface area (Å²) in [6.07, 6.45) is 1.66. The molecule has 0 aromatic carbocycles. The molecule has 120 valence electrons. The molecule has 7 heteroatoms. The highest BCUT2D eigenvalue weighted by Crippen LogP contribution is 2.30. The molecule has 0 radical (unpaired) electrons. The van der Waals surface area contributed by atoms with E-state index in [0.717, 1.165) is 0 Å². The number of hydrogen-bond acceptors (Lipinski definition) is 4. The zero-order chi connectivity index (χ0) is 15.8. The first kappa shape index (κ1) is 16.5. The van der Waals surface area contributed by atoms with Gasteiger partial charge in [-0.15, -0.1) is 0 Å². The minimum Gasteiger partial charge on any atom is -0.379 e. The molecular weight excluding hydrogens is 290 g/mol. The van der Waals surface area contributed by atoms with Crippen molar-refractivity contribution in [1.82, 2.24) is 14.1 Å². The molecule has 2 rings (SSSR count). The normalized spacial score (nSPS) is 18.4. The highest BCUT2D eigenvalue weighted by Gasteiger charge is 2.34. The molecule has 0 aliphatic carbocycles. The maximum atomic E-state index is 12.9. The van der Waals surface area contributed by atoms with E-state index in [4.69, 9.17) is 4.74 Å². The standard InChI is InChI=1S/C14H25N3O3S/c1-11(2)17-10-12(13(15-17)14(3,4)5)21(18,19)16-6-8-20-9-7-16/h10-11H,6-9H2,1-5H3. The lowest BCUT2D eigenvalue weighted by Crippen LogP contribution is -2.41. The van der Waals surface area contributed by atoms with Crippen LogP contribution in [0.15, 0.2) is 11.1 Å². The van der Waals surface area contributed by atoms with E-state index in [2.05, 4.69) is 5.10 Å². The van der Waals surface area contributed by atoms with Crippen molar-refractivity contribution in [3.05, 3.63) is 11.9 Å². The first-order valence-electron chi connectivity index (χ1n) is 7.31. The van der Waals surface area contributed by atoms with Crippen LogP contribution in [-0.4, -0.2) is 48.8 Å². The molecule has 1 aliphatic heterocycles. The fourth-order valence-electron chi connectivity index (χ4n) is 2.27. The lowest BCUT2D eigenvalue weighted by Gasteiger charge is -2.27. The lowest BCUT2D eigenvalue weighted by molar-refractivity contribution is 0.0730. The van der Waals surface area contributed by atoms with Gasteiger partial charge in [0.05, 0.1) is 18.9 Å². The first-order valence-corrected chi connectivity index (χ1v) is 8.75. The predicted octanol–water partition coefficient (Wildman–Crippen LogP) is 1.78. The number of ether oxygens (including phenoxy) is 1. The van der Waals surface area contributed by atoms with Gasteiger partial charge in [-0.25, -0.2) is 8.42 Å². The largest absolute Gasteiger partial charge is 0.379 e. The summed E-state index contributed by atoms with van der Waals surface area (Å²) in [7, 11) is -3.52. The SMILES string of the molecule is CC(C)n1cc(S(=O)(=O)N2CCOCC2)c(C(C)(C)C)n1. The van der Waals surface area contributed by atoms with Gasteiger partial charge in [0.2, 0.25) is 10.0 Å². The average Bonchev–Trinajstić information content (AvgIpc) is 2.85. The van der Waals surface area contributed by atoms with Gasteiger partial charge < -0.3 is 4.74 Å². The summed E-state index contributed by atoms with van der Waals surface area (Å²) in [5.41, 5.74) is 0.303. The molecule has 1 saturated heterocycles. The fourth-order valence-corrected chi connectivity index (χ4v) is 4.01. The summed E-state index contributed by atoms with van der Waals surface area (Å²) in [6.45, 7) is 11.6. The van der Waals surface area contributed by atoms with Crippen molar-refractivity contribution in [3.63, 3.8) is 0 Å². The van der Waals surface area contributed by atoms with Crippen LogP contribution in [-0.2, 0) is 20.2 Å². The number of aromatic nitrogens is 2. The number of sulfonamides is 1. The first-order chi connectivity index (χ1) is 9.64. The lowest BCUT2D eigenvalue weighted by atomic mass is 9.92. The minimum atomic E-state index is -3.52. The third kappa shape index (κ3) is 3.30. The second-order valence-corrected chi connectivity index (χ2v) is 8.59. The molecule has 2 heterocycles. The average molecular weight is 315 g/mol. The van der Waals surface area contributed by atoms with E-state index in [9.17, 15) is 8.42 Å². The molecule has 6 nitrogen and oxygen atoms in total. The molecule has 1 aliphatic rings.